The van der Waals surface area contributed by atoms with E-state index >= 15 is 0 Å². The average Bonchev–Trinajstić information content (AvgIpc) is 2.85. The minimum absolute atomic E-state index is 0.0402. The van der Waals surface area contributed by atoms with E-state index in [1.807, 2.05) is 12.1 Å². The first-order valence-corrected chi connectivity index (χ1v) is 10.7. The Morgan fingerprint density at radius 2 is 1.91 bits per heavy atom. The van der Waals surface area contributed by atoms with Crippen LogP contribution in [0.1, 0.15) is 29.6 Å². The van der Waals surface area contributed by atoms with Crippen LogP contribution in [0.4, 0.5) is 17.3 Å². The molecule has 0 unspecified atom stereocenters. The third-order valence-corrected chi connectivity index (χ3v) is 5.35. The number of aromatic amines is 1. The highest BCUT2D eigenvalue weighted by Gasteiger charge is 2.14. The van der Waals surface area contributed by atoms with Crippen molar-refractivity contribution in [1.29, 1.82) is 0 Å². The molecule has 9 heteroatoms. The summed E-state index contributed by atoms with van der Waals surface area (Å²) in [5, 5.41) is 14.5. The lowest BCUT2D eigenvalue weighted by molar-refractivity contribution is 0.102. The summed E-state index contributed by atoms with van der Waals surface area (Å²) in [6.07, 6.45) is 6.75. The predicted molar refractivity (Wildman–Crippen MR) is 124 cm³/mol. The van der Waals surface area contributed by atoms with Crippen molar-refractivity contribution in [3.05, 3.63) is 64.7 Å². The quantitative estimate of drug-likeness (QED) is 0.450. The molecule has 32 heavy (non-hydrogen) atoms. The normalized spacial score (nSPS) is 13.6. The number of rotatable bonds is 7. The van der Waals surface area contributed by atoms with Crippen LogP contribution < -0.4 is 21.1 Å². The van der Waals surface area contributed by atoms with Gasteiger partial charge in [-0.25, -0.2) is 9.97 Å². The van der Waals surface area contributed by atoms with Gasteiger partial charge in [0.1, 0.15) is 5.69 Å². The maximum Gasteiger partial charge on any atom is 0.271 e. The molecule has 0 aliphatic carbocycles. The number of H-pyrrole nitrogens is 1. The minimum Gasteiger partial charge on any atom is -0.395 e. The molecule has 0 atom stereocenters. The van der Waals surface area contributed by atoms with E-state index in [4.69, 9.17) is 5.11 Å². The number of carbonyl (C=O) groups excluding carboxylic acids is 1. The van der Waals surface area contributed by atoms with Crippen LogP contribution in [-0.4, -0.2) is 52.2 Å². The van der Waals surface area contributed by atoms with Gasteiger partial charge in [0, 0.05) is 48.8 Å². The summed E-state index contributed by atoms with van der Waals surface area (Å²) < 4.78 is 0. The molecule has 0 radical (unpaired) electrons. The van der Waals surface area contributed by atoms with Crippen LogP contribution in [0.5, 0.6) is 0 Å². The number of amides is 1. The third kappa shape index (κ3) is 5.12. The van der Waals surface area contributed by atoms with Crippen LogP contribution >= 0.6 is 0 Å². The number of hydrogen-bond acceptors (Lipinski definition) is 7. The topological polar surface area (TPSA) is 123 Å². The second kappa shape index (κ2) is 10.1. The van der Waals surface area contributed by atoms with Gasteiger partial charge in [-0.2, -0.15) is 0 Å². The van der Waals surface area contributed by atoms with E-state index in [1.54, 1.807) is 30.5 Å². The smallest absolute Gasteiger partial charge is 0.271 e. The van der Waals surface area contributed by atoms with Crippen molar-refractivity contribution >= 4 is 23.2 Å². The van der Waals surface area contributed by atoms with Gasteiger partial charge in [-0.3, -0.25) is 9.59 Å². The van der Waals surface area contributed by atoms with Crippen LogP contribution in [0.25, 0.3) is 11.3 Å². The number of aliphatic hydroxyl groups is 1. The van der Waals surface area contributed by atoms with Crippen molar-refractivity contribution in [1.82, 2.24) is 15.0 Å². The number of hydrogen-bond donors (Lipinski definition) is 4. The Balaban J connectivity index is 1.49. The number of anilines is 3. The fraction of sp³-hybridized carbons (Fsp3) is 0.304. The lowest BCUT2D eigenvalue weighted by Gasteiger charge is -2.28. The zero-order chi connectivity index (χ0) is 22.3. The Hall–Kier alpha value is -3.72. The number of aromatic nitrogens is 3. The standard InChI is InChI=1S/C23H26N6O3/c30-13-10-25-23-24-9-8-19(28-23)17-14-20(22(32)26-15-17)27-21(31)16-4-6-18(7-5-16)29-11-2-1-3-12-29/h4-9,14-15,30H,1-3,10-13H2,(H,26,32)(H,27,31)(H,24,25,28). The van der Waals surface area contributed by atoms with Crippen LogP contribution in [0.2, 0.25) is 0 Å². The van der Waals surface area contributed by atoms with E-state index in [9.17, 15) is 9.59 Å². The molecule has 1 saturated heterocycles. The molecule has 1 amide bonds. The first-order chi connectivity index (χ1) is 15.6. The van der Waals surface area contributed by atoms with Crippen molar-refractivity contribution in [3.8, 4) is 11.3 Å². The van der Waals surface area contributed by atoms with E-state index in [2.05, 4.69) is 30.5 Å². The SMILES string of the molecule is O=C(Nc1cc(-c2ccnc(NCCO)n2)c[nH]c1=O)c1ccc(N2CCCCC2)cc1. The highest BCUT2D eigenvalue weighted by atomic mass is 16.3. The van der Waals surface area contributed by atoms with Gasteiger partial charge in [0.05, 0.1) is 12.3 Å². The highest BCUT2D eigenvalue weighted by Crippen LogP contribution is 2.21. The molecule has 1 aliphatic heterocycles. The van der Waals surface area contributed by atoms with E-state index < -0.39 is 5.56 Å². The Labute approximate surface area is 185 Å². The van der Waals surface area contributed by atoms with Gasteiger partial charge < -0.3 is 25.6 Å². The zero-order valence-corrected chi connectivity index (χ0v) is 17.7. The number of nitrogens with one attached hydrogen (secondary N) is 3. The lowest BCUT2D eigenvalue weighted by Crippen LogP contribution is -2.29. The van der Waals surface area contributed by atoms with E-state index in [1.165, 1.54) is 25.5 Å². The van der Waals surface area contributed by atoms with Gasteiger partial charge in [0.25, 0.3) is 11.5 Å². The minimum atomic E-state index is -0.403. The van der Waals surface area contributed by atoms with Crippen molar-refractivity contribution in [2.75, 3.05) is 41.8 Å². The second-order valence-electron chi connectivity index (χ2n) is 7.60. The molecule has 166 valence electrons. The van der Waals surface area contributed by atoms with Crippen LogP contribution in [0.3, 0.4) is 0 Å². The molecular formula is C23H26N6O3. The molecule has 9 nitrogen and oxygen atoms in total. The van der Waals surface area contributed by atoms with Gasteiger partial charge in [-0.05, 0) is 55.7 Å². The average molecular weight is 435 g/mol. The number of aliphatic hydroxyl groups excluding tert-OH is 1. The Morgan fingerprint density at radius 1 is 1.12 bits per heavy atom. The molecule has 2 aromatic heterocycles. The highest BCUT2D eigenvalue weighted by molar-refractivity contribution is 6.04. The van der Waals surface area contributed by atoms with Crippen LogP contribution in [-0.2, 0) is 0 Å². The molecule has 4 N–H and O–H groups in total. The molecule has 1 aromatic carbocycles. The second-order valence-corrected chi connectivity index (χ2v) is 7.60. The zero-order valence-electron chi connectivity index (χ0n) is 17.7. The molecule has 1 aliphatic rings. The number of carbonyl (C=O) groups is 1. The van der Waals surface area contributed by atoms with Crippen LogP contribution in [0, 0.1) is 0 Å². The first-order valence-electron chi connectivity index (χ1n) is 10.7. The maximum absolute atomic E-state index is 12.7. The molecule has 4 rings (SSSR count). The van der Waals surface area contributed by atoms with E-state index in [0.29, 0.717) is 29.3 Å². The molecule has 0 bridgehead atoms. The van der Waals surface area contributed by atoms with Crippen LogP contribution in [0.15, 0.2) is 53.6 Å². The van der Waals surface area contributed by atoms with Crippen molar-refractivity contribution in [2.45, 2.75) is 19.3 Å². The monoisotopic (exact) mass is 434 g/mol. The fourth-order valence-electron chi connectivity index (χ4n) is 3.67. The summed E-state index contributed by atoms with van der Waals surface area (Å²) in [4.78, 5) is 38.5. The molecular weight excluding hydrogens is 408 g/mol. The van der Waals surface area contributed by atoms with Gasteiger partial charge in [0.15, 0.2) is 0 Å². The Morgan fingerprint density at radius 3 is 2.66 bits per heavy atom. The molecule has 0 saturated carbocycles. The predicted octanol–water partition coefficient (Wildman–Crippen LogP) is 2.48. The van der Waals surface area contributed by atoms with Gasteiger partial charge in [-0.15, -0.1) is 0 Å². The van der Waals surface area contributed by atoms with Gasteiger partial charge >= 0.3 is 0 Å². The largest absolute Gasteiger partial charge is 0.395 e. The summed E-state index contributed by atoms with van der Waals surface area (Å²) in [7, 11) is 0. The molecule has 0 spiro atoms. The molecule has 3 heterocycles. The fourth-order valence-corrected chi connectivity index (χ4v) is 3.67. The van der Waals surface area contributed by atoms with Gasteiger partial charge in [0.2, 0.25) is 5.95 Å². The van der Waals surface area contributed by atoms with Crippen molar-refractivity contribution < 1.29 is 9.90 Å². The third-order valence-electron chi connectivity index (χ3n) is 5.35. The first kappa shape index (κ1) is 21.5. The summed E-state index contributed by atoms with van der Waals surface area (Å²) in [6, 6.07) is 10.7. The van der Waals surface area contributed by atoms with Crippen molar-refractivity contribution in [3.63, 3.8) is 0 Å². The number of nitrogens with zero attached hydrogens (tertiary/aromatic N) is 3. The summed E-state index contributed by atoms with van der Waals surface area (Å²) in [6.45, 7) is 2.36. The van der Waals surface area contributed by atoms with Crippen molar-refractivity contribution in [2.24, 2.45) is 0 Å². The number of piperidine rings is 1. The maximum atomic E-state index is 12.7. The molecule has 3 aromatic rings. The summed E-state index contributed by atoms with van der Waals surface area (Å²) in [5.41, 5.74) is 2.51. The summed E-state index contributed by atoms with van der Waals surface area (Å²) >= 11 is 0. The van der Waals surface area contributed by atoms with E-state index in [-0.39, 0.29) is 18.2 Å². The number of pyridine rings is 1. The van der Waals surface area contributed by atoms with Gasteiger partial charge in [-0.1, -0.05) is 0 Å². The Kier molecular flexibility index (Phi) is 6.76. The molecule has 1 fully saturated rings. The summed E-state index contributed by atoms with van der Waals surface area (Å²) in [5.74, 6) is 0.00737. The van der Waals surface area contributed by atoms with E-state index in [0.717, 1.165) is 18.8 Å². The Bertz CT molecular complexity index is 1120. The number of benzene rings is 1. The lowest BCUT2D eigenvalue weighted by atomic mass is 10.1.